The van der Waals surface area contributed by atoms with Gasteiger partial charge in [0.05, 0.1) is 0 Å². The Morgan fingerprint density at radius 1 is 1.50 bits per heavy atom. The molecule has 0 fully saturated rings. The van der Waals surface area contributed by atoms with Crippen LogP contribution in [0.4, 0.5) is 4.39 Å². The Bertz CT molecular complexity index is 421. The lowest BCUT2D eigenvalue weighted by Crippen LogP contribution is -2.48. The number of carbonyl (C=O) groups is 1. The van der Waals surface area contributed by atoms with Crippen molar-refractivity contribution in [1.82, 2.24) is 5.32 Å². The summed E-state index contributed by atoms with van der Waals surface area (Å²) in [6.45, 7) is 5.56. The molecule has 0 aromatic heterocycles. The van der Waals surface area contributed by atoms with E-state index in [9.17, 15) is 9.18 Å². The van der Waals surface area contributed by atoms with Gasteiger partial charge in [0, 0.05) is 12.1 Å². The molecule has 1 rings (SSSR count). The molecule has 1 aromatic rings. The first kappa shape index (κ1) is 14.4. The van der Waals surface area contributed by atoms with Gasteiger partial charge in [0.15, 0.2) is 0 Å². The van der Waals surface area contributed by atoms with E-state index in [1.54, 1.807) is 19.1 Å². The van der Waals surface area contributed by atoms with Crippen LogP contribution in [0.3, 0.4) is 0 Å². The summed E-state index contributed by atoms with van der Waals surface area (Å²) in [7, 11) is 0. The van der Waals surface area contributed by atoms with Crippen molar-refractivity contribution < 1.29 is 13.9 Å². The molecule has 1 unspecified atom stereocenters. The number of halogens is 1. The Morgan fingerprint density at radius 3 is 2.67 bits per heavy atom. The molecule has 3 N–H and O–H groups in total. The van der Waals surface area contributed by atoms with Crippen molar-refractivity contribution >= 4 is 5.91 Å². The Kier molecular flexibility index (Phi) is 5.09. The number of nitrogens with one attached hydrogen (secondary N) is 1. The number of benzene rings is 1. The summed E-state index contributed by atoms with van der Waals surface area (Å²) < 4.78 is 18.6. The van der Waals surface area contributed by atoms with Gasteiger partial charge in [-0.25, -0.2) is 4.39 Å². The van der Waals surface area contributed by atoms with Gasteiger partial charge >= 0.3 is 0 Å². The van der Waals surface area contributed by atoms with Crippen molar-refractivity contribution in [3.05, 3.63) is 29.6 Å². The highest BCUT2D eigenvalue weighted by Crippen LogP contribution is 2.15. The lowest BCUT2D eigenvalue weighted by Gasteiger charge is -2.18. The molecule has 1 aromatic carbocycles. The summed E-state index contributed by atoms with van der Waals surface area (Å²) in [5, 5.41) is 2.98. The van der Waals surface area contributed by atoms with E-state index in [1.165, 1.54) is 6.07 Å². The highest BCUT2D eigenvalue weighted by atomic mass is 19.1. The first-order valence-electron chi connectivity index (χ1n) is 5.84. The fraction of sp³-hybridized carbons (Fsp3) is 0.462. The molecule has 0 radical (unpaired) electrons. The van der Waals surface area contributed by atoms with Gasteiger partial charge in [0.2, 0.25) is 5.91 Å². The monoisotopic (exact) mass is 254 g/mol. The van der Waals surface area contributed by atoms with Crippen LogP contribution in [0.1, 0.15) is 19.4 Å². The van der Waals surface area contributed by atoms with Crippen LogP contribution >= 0.6 is 0 Å². The van der Waals surface area contributed by atoms with Crippen molar-refractivity contribution in [3.8, 4) is 5.75 Å². The molecule has 4 nitrogen and oxygen atoms in total. The van der Waals surface area contributed by atoms with Gasteiger partial charge < -0.3 is 15.8 Å². The largest absolute Gasteiger partial charge is 0.491 e. The maximum absolute atomic E-state index is 13.3. The first-order chi connectivity index (χ1) is 8.40. The summed E-state index contributed by atoms with van der Waals surface area (Å²) in [5.74, 6) is -0.439. The SMILES string of the molecule is Cc1ccc(OCC(NC(C)C)C(N)=O)cc1F. The van der Waals surface area contributed by atoms with E-state index in [4.69, 9.17) is 10.5 Å². The number of aryl methyl sites for hydroxylation is 1. The third kappa shape index (κ3) is 4.33. The van der Waals surface area contributed by atoms with Gasteiger partial charge in [-0.3, -0.25) is 4.79 Å². The molecular weight excluding hydrogens is 235 g/mol. The number of hydrogen-bond donors (Lipinski definition) is 2. The Labute approximate surface area is 106 Å². The predicted molar refractivity (Wildman–Crippen MR) is 67.9 cm³/mol. The molecule has 0 heterocycles. The summed E-state index contributed by atoms with van der Waals surface area (Å²) in [6.07, 6.45) is 0. The van der Waals surface area contributed by atoms with Crippen LogP contribution in [-0.4, -0.2) is 24.6 Å². The summed E-state index contributed by atoms with van der Waals surface area (Å²) in [6, 6.07) is 4.10. The quantitative estimate of drug-likeness (QED) is 0.805. The highest BCUT2D eigenvalue weighted by Gasteiger charge is 2.17. The average Bonchev–Trinajstić information content (AvgIpc) is 2.28. The van der Waals surface area contributed by atoms with Crippen LogP contribution in [0.2, 0.25) is 0 Å². The molecule has 0 saturated heterocycles. The molecule has 0 spiro atoms. The Morgan fingerprint density at radius 2 is 2.17 bits per heavy atom. The van der Waals surface area contributed by atoms with Crippen molar-refractivity contribution in [2.75, 3.05) is 6.61 Å². The minimum atomic E-state index is -0.589. The molecule has 0 saturated carbocycles. The fourth-order valence-corrected chi connectivity index (χ4v) is 1.46. The number of hydrogen-bond acceptors (Lipinski definition) is 3. The van der Waals surface area contributed by atoms with Crippen LogP contribution in [0.25, 0.3) is 0 Å². The third-order valence-corrected chi connectivity index (χ3v) is 2.44. The zero-order valence-corrected chi connectivity index (χ0v) is 10.9. The van der Waals surface area contributed by atoms with Gasteiger partial charge in [-0.2, -0.15) is 0 Å². The van der Waals surface area contributed by atoms with Crippen LogP contribution in [0.5, 0.6) is 5.75 Å². The maximum Gasteiger partial charge on any atom is 0.238 e. The summed E-state index contributed by atoms with van der Waals surface area (Å²) >= 11 is 0. The highest BCUT2D eigenvalue weighted by molar-refractivity contribution is 5.80. The Hall–Kier alpha value is -1.62. The molecule has 1 atom stereocenters. The van der Waals surface area contributed by atoms with Gasteiger partial charge in [0.1, 0.15) is 24.2 Å². The average molecular weight is 254 g/mol. The second-order valence-corrected chi connectivity index (χ2v) is 4.50. The van der Waals surface area contributed by atoms with E-state index in [0.29, 0.717) is 11.3 Å². The molecule has 0 aliphatic rings. The van der Waals surface area contributed by atoms with Gasteiger partial charge in [-0.1, -0.05) is 19.9 Å². The van der Waals surface area contributed by atoms with E-state index in [1.807, 2.05) is 13.8 Å². The smallest absolute Gasteiger partial charge is 0.238 e. The number of primary amides is 1. The molecule has 0 aliphatic heterocycles. The second-order valence-electron chi connectivity index (χ2n) is 4.50. The maximum atomic E-state index is 13.3. The zero-order chi connectivity index (χ0) is 13.7. The van der Waals surface area contributed by atoms with Crippen molar-refractivity contribution in [2.24, 2.45) is 5.73 Å². The second kappa shape index (κ2) is 6.35. The van der Waals surface area contributed by atoms with E-state index in [0.717, 1.165) is 0 Å². The minimum Gasteiger partial charge on any atom is -0.491 e. The molecule has 0 aliphatic carbocycles. The number of rotatable bonds is 6. The predicted octanol–water partition coefficient (Wildman–Crippen LogP) is 1.36. The number of amides is 1. The lowest BCUT2D eigenvalue weighted by atomic mass is 10.2. The van der Waals surface area contributed by atoms with Gasteiger partial charge in [-0.05, 0) is 18.6 Å². The first-order valence-corrected chi connectivity index (χ1v) is 5.84. The zero-order valence-electron chi connectivity index (χ0n) is 10.9. The van der Waals surface area contributed by atoms with Crippen molar-refractivity contribution in [2.45, 2.75) is 32.9 Å². The number of ether oxygens (including phenoxy) is 1. The van der Waals surface area contributed by atoms with E-state index in [-0.39, 0.29) is 18.5 Å². The fourth-order valence-electron chi connectivity index (χ4n) is 1.46. The molecular formula is C13H19FN2O2. The summed E-state index contributed by atoms with van der Waals surface area (Å²) in [5.41, 5.74) is 5.80. The molecule has 0 bridgehead atoms. The van der Waals surface area contributed by atoms with Crippen molar-refractivity contribution in [1.29, 1.82) is 0 Å². The number of carbonyl (C=O) groups excluding carboxylic acids is 1. The van der Waals surface area contributed by atoms with E-state index < -0.39 is 11.9 Å². The van der Waals surface area contributed by atoms with Crippen LogP contribution in [-0.2, 0) is 4.79 Å². The molecule has 100 valence electrons. The topological polar surface area (TPSA) is 64.3 Å². The summed E-state index contributed by atoms with van der Waals surface area (Å²) in [4.78, 5) is 11.2. The van der Waals surface area contributed by atoms with Crippen LogP contribution in [0.15, 0.2) is 18.2 Å². The van der Waals surface area contributed by atoms with Gasteiger partial charge in [-0.15, -0.1) is 0 Å². The lowest BCUT2D eigenvalue weighted by molar-refractivity contribution is -0.120. The normalized spacial score (nSPS) is 12.5. The van der Waals surface area contributed by atoms with E-state index >= 15 is 0 Å². The van der Waals surface area contributed by atoms with Crippen LogP contribution < -0.4 is 15.8 Å². The van der Waals surface area contributed by atoms with Gasteiger partial charge in [0.25, 0.3) is 0 Å². The standard InChI is InChI=1S/C13H19FN2O2/c1-8(2)16-12(13(15)17)7-18-10-5-4-9(3)11(14)6-10/h4-6,8,12,16H,7H2,1-3H3,(H2,15,17). The minimum absolute atomic E-state index is 0.0794. The molecule has 18 heavy (non-hydrogen) atoms. The van der Waals surface area contributed by atoms with Crippen molar-refractivity contribution in [3.63, 3.8) is 0 Å². The molecule has 5 heteroatoms. The molecule has 1 amide bonds. The van der Waals surface area contributed by atoms with E-state index in [2.05, 4.69) is 5.32 Å². The van der Waals surface area contributed by atoms with Crippen LogP contribution in [0, 0.1) is 12.7 Å². The Balaban J connectivity index is 2.61. The number of nitrogens with two attached hydrogens (primary N) is 1. The third-order valence-electron chi connectivity index (χ3n) is 2.44.